The van der Waals surface area contributed by atoms with Crippen molar-refractivity contribution < 1.29 is 19.2 Å². The van der Waals surface area contributed by atoms with Crippen molar-refractivity contribution in [2.45, 2.75) is 6.42 Å². The molecule has 0 spiro atoms. The van der Waals surface area contributed by atoms with E-state index in [4.69, 9.17) is 5.11 Å². The van der Waals surface area contributed by atoms with Gasteiger partial charge in [-0.15, -0.1) is 0 Å². The molecule has 70 valence electrons. The summed E-state index contributed by atoms with van der Waals surface area (Å²) in [5.74, 6) is -2.12. The van der Waals surface area contributed by atoms with Crippen molar-refractivity contribution in [3.8, 4) is 0 Å². The average molecular weight is 185 g/mol. The second-order valence-corrected chi connectivity index (χ2v) is 2.16. The summed E-state index contributed by atoms with van der Waals surface area (Å²) < 4.78 is 4.43. The molecule has 0 atom stereocenters. The minimum absolute atomic E-state index is 0.171. The van der Waals surface area contributed by atoms with E-state index >= 15 is 0 Å². The van der Waals surface area contributed by atoms with Crippen molar-refractivity contribution in [3.05, 3.63) is 12.2 Å². The Balaban J connectivity index is 2.22. The molecule has 0 aliphatic rings. The third kappa shape index (κ3) is 2.89. The Labute approximate surface area is 72.7 Å². The summed E-state index contributed by atoms with van der Waals surface area (Å²) in [5.41, 5.74) is 0. The van der Waals surface area contributed by atoms with Crippen molar-refractivity contribution >= 4 is 11.9 Å². The van der Waals surface area contributed by atoms with Crippen LogP contribution in [0.5, 0.6) is 0 Å². The van der Waals surface area contributed by atoms with Crippen LogP contribution in [-0.4, -0.2) is 33.7 Å². The van der Waals surface area contributed by atoms with Crippen LogP contribution in [-0.2, 0) is 16.0 Å². The molecule has 0 radical (unpaired) electrons. The highest BCUT2D eigenvalue weighted by Gasteiger charge is 2.09. The average Bonchev–Trinajstić information content (AvgIpc) is 2.56. The van der Waals surface area contributed by atoms with Gasteiger partial charge in [-0.3, -0.25) is 4.79 Å². The van der Waals surface area contributed by atoms with Crippen LogP contribution in [0.3, 0.4) is 0 Å². The number of nitrogens with zero attached hydrogens (tertiary/aromatic N) is 2. The maximum Gasteiger partial charge on any atom is 0.394 e. The van der Waals surface area contributed by atoms with Gasteiger partial charge in [-0.2, -0.15) is 4.98 Å². The zero-order valence-corrected chi connectivity index (χ0v) is 6.56. The third-order valence-corrected chi connectivity index (χ3v) is 1.24. The molecule has 13 heavy (non-hydrogen) atoms. The van der Waals surface area contributed by atoms with Crippen LogP contribution < -0.4 is 5.32 Å². The molecule has 0 saturated carbocycles. The number of carboxylic acids is 1. The lowest BCUT2D eigenvalue weighted by atomic mass is 10.4. The van der Waals surface area contributed by atoms with Crippen molar-refractivity contribution in [3.63, 3.8) is 0 Å². The van der Waals surface area contributed by atoms with Gasteiger partial charge < -0.3 is 14.9 Å². The van der Waals surface area contributed by atoms with Gasteiger partial charge in [-0.05, 0) is 0 Å². The summed E-state index contributed by atoms with van der Waals surface area (Å²) >= 11 is 0. The van der Waals surface area contributed by atoms with E-state index in [-0.39, 0.29) is 6.54 Å². The highest BCUT2D eigenvalue weighted by molar-refractivity contribution is 6.31. The lowest BCUT2D eigenvalue weighted by molar-refractivity contribution is -0.150. The second kappa shape index (κ2) is 4.19. The van der Waals surface area contributed by atoms with E-state index < -0.39 is 11.9 Å². The van der Waals surface area contributed by atoms with E-state index in [9.17, 15) is 9.59 Å². The molecule has 0 aliphatic carbocycles. The fourth-order valence-corrected chi connectivity index (χ4v) is 0.666. The fourth-order valence-electron chi connectivity index (χ4n) is 0.666. The quantitative estimate of drug-likeness (QED) is 0.574. The van der Waals surface area contributed by atoms with Gasteiger partial charge in [0.2, 0.25) is 6.39 Å². The summed E-state index contributed by atoms with van der Waals surface area (Å²) in [6, 6.07) is 0. The van der Waals surface area contributed by atoms with Crippen molar-refractivity contribution in [1.82, 2.24) is 15.5 Å². The van der Waals surface area contributed by atoms with Crippen molar-refractivity contribution in [2.75, 3.05) is 6.54 Å². The number of aromatic nitrogens is 2. The molecule has 0 fully saturated rings. The molecule has 0 aromatic carbocycles. The van der Waals surface area contributed by atoms with Crippen LogP contribution in [0.25, 0.3) is 0 Å². The van der Waals surface area contributed by atoms with E-state index in [2.05, 4.69) is 20.0 Å². The van der Waals surface area contributed by atoms with Crippen LogP contribution in [0.1, 0.15) is 5.82 Å². The Bertz CT molecular complexity index is 295. The molecule has 0 unspecified atom stereocenters. The van der Waals surface area contributed by atoms with Crippen LogP contribution >= 0.6 is 0 Å². The number of aliphatic carboxylic acids is 1. The van der Waals surface area contributed by atoms with Gasteiger partial charge in [-0.25, -0.2) is 4.79 Å². The number of hydrogen-bond acceptors (Lipinski definition) is 5. The molecule has 2 N–H and O–H groups in total. The lowest BCUT2D eigenvalue weighted by Crippen LogP contribution is -2.32. The van der Waals surface area contributed by atoms with Gasteiger partial charge in [0.05, 0.1) is 0 Å². The highest BCUT2D eigenvalue weighted by Crippen LogP contribution is 1.87. The van der Waals surface area contributed by atoms with Crippen LogP contribution in [0.4, 0.5) is 0 Å². The predicted octanol–water partition coefficient (Wildman–Crippen LogP) is -1.19. The molecule has 0 aliphatic heterocycles. The van der Waals surface area contributed by atoms with Crippen LogP contribution in [0, 0.1) is 0 Å². The molecule has 0 bridgehead atoms. The third-order valence-electron chi connectivity index (χ3n) is 1.24. The Morgan fingerprint density at radius 3 is 2.92 bits per heavy atom. The molecular weight excluding hydrogens is 178 g/mol. The number of carbonyl (C=O) groups is 2. The largest absolute Gasteiger partial charge is 0.474 e. The van der Waals surface area contributed by atoms with Crippen LogP contribution in [0.2, 0.25) is 0 Å². The van der Waals surface area contributed by atoms with Crippen LogP contribution in [0.15, 0.2) is 10.9 Å². The zero-order chi connectivity index (χ0) is 9.68. The Kier molecular flexibility index (Phi) is 2.96. The number of carboxylic acid groups (broad SMARTS) is 1. The standard InChI is InChI=1S/C6H7N3O4/c10-5(6(11)12)7-2-1-4-8-3-13-9-4/h3H,1-2H2,(H,7,10)(H,11,12). The molecule has 7 nitrogen and oxygen atoms in total. The predicted molar refractivity (Wildman–Crippen MR) is 38.6 cm³/mol. The summed E-state index contributed by atoms with van der Waals surface area (Å²) in [6.07, 6.45) is 1.50. The van der Waals surface area contributed by atoms with Crippen molar-refractivity contribution in [1.29, 1.82) is 0 Å². The Hall–Kier alpha value is -1.92. The molecule has 1 rings (SSSR count). The Morgan fingerprint density at radius 2 is 2.38 bits per heavy atom. The van der Waals surface area contributed by atoms with E-state index in [1.165, 1.54) is 0 Å². The maximum absolute atomic E-state index is 10.5. The number of nitrogens with one attached hydrogen (secondary N) is 1. The van der Waals surface area contributed by atoms with Gasteiger partial charge >= 0.3 is 11.9 Å². The topological polar surface area (TPSA) is 105 Å². The molecular formula is C6H7N3O4. The van der Waals surface area contributed by atoms with Crippen molar-refractivity contribution in [2.24, 2.45) is 0 Å². The molecule has 7 heteroatoms. The number of rotatable bonds is 3. The molecule has 1 aromatic heterocycles. The molecule has 1 heterocycles. The number of hydrogen-bond donors (Lipinski definition) is 2. The minimum atomic E-state index is -1.51. The fraction of sp³-hybridized carbons (Fsp3) is 0.333. The SMILES string of the molecule is O=C(O)C(=O)NCCc1ncon1. The molecule has 1 amide bonds. The lowest BCUT2D eigenvalue weighted by Gasteiger charge is -1.97. The first-order valence-electron chi connectivity index (χ1n) is 3.46. The number of carbonyl (C=O) groups excluding carboxylic acids is 1. The Morgan fingerprint density at radius 1 is 1.62 bits per heavy atom. The first kappa shape index (κ1) is 9.17. The van der Waals surface area contributed by atoms with Gasteiger partial charge in [0.1, 0.15) is 0 Å². The summed E-state index contributed by atoms with van der Waals surface area (Å²) in [6.45, 7) is 0.171. The van der Waals surface area contributed by atoms with Gasteiger partial charge in [0.25, 0.3) is 0 Å². The van der Waals surface area contributed by atoms with E-state index in [1.807, 2.05) is 0 Å². The van der Waals surface area contributed by atoms with Gasteiger partial charge in [0, 0.05) is 13.0 Å². The van der Waals surface area contributed by atoms with Gasteiger partial charge in [0.15, 0.2) is 5.82 Å². The first-order valence-corrected chi connectivity index (χ1v) is 3.46. The molecule has 1 aromatic rings. The maximum atomic E-state index is 10.5. The highest BCUT2D eigenvalue weighted by atomic mass is 16.5. The molecule has 0 saturated heterocycles. The summed E-state index contributed by atoms with van der Waals surface area (Å²) in [5, 5.41) is 13.8. The second-order valence-electron chi connectivity index (χ2n) is 2.16. The van der Waals surface area contributed by atoms with E-state index in [0.717, 1.165) is 6.39 Å². The van der Waals surface area contributed by atoms with E-state index in [1.54, 1.807) is 0 Å². The van der Waals surface area contributed by atoms with E-state index in [0.29, 0.717) is 12.2 Å². The minimum Gasteiger partial charge on any atom is -0.474 e. The zero-order valence-electron chi connectivity index (χ0n) is 6.56. The number of amides is 1. The summed E-state index contributed by atoms with van der Waals surface area (Å²) in [7, 11) is 0. The monoisotopic (exact) mass is 185 g/mol. The first-order chi connectivity index (χ1) is 6.20. The normalized spacial score (nSPS) is 9.54. The smallest absolute Gasteiger partial charge is 0.394 e. The van der Waals surface area contributed by atoms with Gasteiger partial charge in [-0.1, -0.05) is 5.16 Å². The summed E-state index contributed by atoms with van der Waals surface area (Å²) in [4.78, 5) is 24.2.